The van der Waals surface area contributed by atoms with E-state index in [9.17, 15) is 18.7 Å². The molecule has 0 spiro atoms. The van der Waals surface area contributed by atoms with Gasteiger partial charge in [0.1, 0.15) is 5.75 Å². The highest BCUT2D eigenvalue weighted by atomic mass is 79.9. The SMILES string of the molecule is CCOC(=O)Cc1ncc(O)c(CBr)c1C(F)F. The van der Waals surface area contributed by atoms with E-state index >= 15 is 0 Å². The van der Waals surface area contributed by atoms with Crippen molar-refractivity contribution in [2.75, 3.05) is 6.61 Å². The largest absolute Gasteiger partial charge is 0.506 e. The summed E-state index contributed by atoms with van der Waals surface area (Å²) in [5.41, 5.74) is -0.449. The van der Waals surface area contributed by atoms with Gasteiger partial charge >= 0.3 is 5.97 Å². The number of pyridine rings is 1. The van der Waals surface area contributed by atoms with Gasteiger partial charge in [0, 0.05) is 16.5 Å². The van der Waals surface area contributed by atoms with Crippen molar-refractivity contribution in [2.24, 2.45) is 0 Å². The summed E-state index contributed by atoms with van der Waals surface area (Å²) in [6.45, 7) is 1.80. The van der Waals surface area contributed by atoms with Crippen molar-refractivity contribution in [3.8, 4) is 5.75 Å². The van der Waals surface area contributed by atoms with Gasteiger partial charge in [-0.2, -0.15) is 0 Å². The van der Waals surface area contributed by atoms with Crippen LogP contribution in [-0.2, 0) is 21.3 Å². The van der Waals surface area contributed by atoms with E-state index in [4.69, 9.17) is 0 Å². The van der Waals surface area contributed by atoms with Crippen LogP contribution in [0.4, 0.5) is 8.78 Å². The zero-order valence-electron chi connectivity index (χ0n) is 9.62. The molecule has 0 radical (unpaired) electrons. The molecular weight excluding hydrogens is 312 g/mol. The van der Waals surface area contributed by atoms with Gasteiger partial charge in [0.2, 0.25) is 0 Å². The predicted molar refractivity (Wildman–Crippen MR) is 63.8 cm³/mol. The van der Waals surface area contributed by atoms with E-state index < -0.39 is 18.0 Å². The van der Waals surface area contributed by atoms with E-state index in [2.05, 4.69) is 25.7 Å². The highest BCUT2D eigenvalue weighted by molar-refractivity contribution is 9.08. The standard InChI is InChI=1S/C11H12BrF2NO3/c1-2-18-9(17)3-7-10(11(13)14)6(4-12)8(16)5-15-7/h5,11,16H,2-4H2,1H3. The van der Waals surface area contributed by atoms with E-state index in [1.165, 1.54) is 0 Å². The van der Waals surface area contributed by atoms with Crippen molar-refractivity contribution in [3.63, 3.8) is 0 Å². The van der Waals surface area contributed by atoms with Gasteiger partial charge in [-0.05, 0) is 6.92 Å². The lowest BCUT2D eigenvalue weighted by Gasteiger charge is -2.13. The zero-order valence-corrected chi connectivity index (χ0v) is 11.2. The van der Waals surface area contributed by atoms with E-state index in [1.807, 2.05) is 0 Å². The lowest BCUT2D eigenvalue weighted by atomic mass is 10.1. The lowest BCUT2D eigenvalue weighted by Crippen LogP contribution is -2.12. The van der Waals surface area contributed by atoms with Gasteiger partial charge in [0.15, 0.2) is 0 Å². The van der Waals surface area contributed by atoms with E-state index in [0.717, 1.165) is 6.20 Å². The minimum Gasteiger partial charge on any atom is -0.506 e. The molecule has 0 amide bonds. The maximum atomic E-state index is 13.0. The van der Waals surface area contributed by atoms with Crippen molar-refractivity contribution < 1.29 is 23.4 Å². The molecule has 0 aliphatic carbocycles. The van der Waals surface area contributed by atoms with Crippen LogP contribution in [0.25, 0.3) is 0 Å². The molecule has 0 aromatic carbocycles. The molecular formula is C11H12BrF2NO3. The minimum absolute atomic E-state index is 0.0410. The van der Waals surface area contributed by atoms with Gasteiger partial charge in [0.05, 0.1) is 24.9 Å². The van der Waals surface area contributed by atoms with E-state index in [1.54, 1.807) is 6.92 Å². The van der Waals surface area contributed by atoms with Crippen LogP contribution in [0, 0.1) is 0 Å². The first-order valence-electron chi connectivity index (χ1n) is 5.20. The van der Waals surface area contributed by atoms with Crippen LogP contribution in [-0.4, -0.2) is 22.7 Å². The second-order valence-corrected chi connectivity index (χ2v) is 3.96. The predicted octanol–water partition coefficient (Wildman–Crippen LogP) is 2.73. The number of rotatable bonds is 5. The van der Waals surface area contributed by atoms with Gasteiger partial charge in [-0.1, -0.05) is 15.9 Å². The fourth-order valence-electron chi connectivity index (χ4n) is 1.49. The lowest BCUT2D eigenvalue weighted by molar-refractivity contribution is -0.142. The van der Waals surface area contributed by atoms with Crippen LogP contribution >= 0.6 is 15.9 Å². The van der Waals surface area contributed by atoms with Crippen molar-refractivity contribution in [1.29, 1.82) is 0 Å². The molecule has 1 aromatic rings. The van der Waals surface area contributed by atoms with E-state index in [0.29, 0.717) is 0 Å². The molecule has 0 unspecified atom stereocenters. The fraction of sp³-hybridized carbons (Fsp3) is 0.455. The molecule has 7 heteroatoms. The van der Waals surface area contributed by atoms with Gasteiger partial charge in [0.25, 0.3) is 6.43 Å². The van der Waals surface area contributed by atoms with Gasteiger partial charge < -0.3 is 9.84 Å². The second-order valence-electron chi connectivity index (χ2n) is 3.40. The van der Waals surface area contributed by atoms with Crippen molar-refractivity contribution in [2.45, 2.75) is 25.1 Å². The third kappa shape index (κ3) is 3.38. The number of alkyl halides is 3. The molecule has 1 N–H and O–H groups in total. The maximum absolute atomic E-state index is 13.0. The van der Waals surface area contributed by atoms with Gasteiger partial charge in [-0.15, -0.1) is 0 Å². The maximum Gasteiger partial charge on any atom is 0.311 e. The summed E-state index contributed by atoms with van der Waals surface area (Å²) in [4.78, 5) is 15.0. The summed E-state index contributed by atoms with van der Waals surface area (Å²) in [7, 11) is 0. The monoisotopic (exact) mass is 323 g/mol. The molecule has 1 rings (SSSR count). The van der Waals surface area contributed by atoms with Crippen LogP contribution in [0.2, 0.25) is 0 Å². The summed E-state index contributed by atoms with van der Waals surface area (Å²) in [5.74, 6) is -0.951. The molecule has 100 valence electrons. The zero-order chi connectivity index (χ0) is 13.7. The third-order valence-corrected chi connectivity index (χ3v) is 2.82. The Morgan fingerprint density at radius 1 is 1.61 bits per heavy atom. The first-order chi connectivity index (χ1) is 8.51. The summed E-state index contributed by atoms with van der Waals surface area (Å²) in [5, 5.41) is 9.51. The Morgan fingerprint density at radius 3 is 2.78 bits per heavy atom. The smallest absolute Gasteiger partial charge is 0.311 e. The number of esters is 1. The van der Waals surface area contributed by atoms with Gasteiger partial charge in [-0.25, -0.2) is 8.78 Å². The molecule has 0 saturated heterocycles. The molecule has 0 atom stereocenters. The van der Waals surface area contributed by atoms with Crippen LogP contribution in [0.3, 0.4) is 0 Å². The average molecular weight is 324 g/mol. The fourth-order valence-corrected chi connectivity index (χ4v) is 2.08. The van der Waals surface area contributed by atoms with Crippen molar-refractivity contribution in [3.05, 3.63) is 23.0 Å². The minimum atomic E-state index is -2.82. The Kier molecular flexibility index (Phi) is 5.46. The highest BCUT2D eigenvalue weighted by Crippen LogP contribution is 2.32. The number of halogens is 3. The molecule has 0 saturated carbocycles. The number of aromatic nitrogens is 1. The summed E-state index contributed by atoms with van der Waals surface area (Å²) in [6, 6.07) is 0. The first-order valence-corrected chi connectivity index (χ1v) is 6.32. The van der Waals surface area contributed by atoms with Crippen LogP contribution in [0.1, 0.15) is 30.2 Å². The number of hydrogen-bond donors (Lipinski definition) is 1. The molecule has 1 aromatic heterocycles. The molecule has 0 aliphatic rings. The summed E-state index contributed by atoms with van der Waals surface area (Å²) < 4.78 is 30.6. The number of carbonyl (C=O) groups excluding carboxylic acids is 1. The van der Waals surface area contributed by atoms with Crippen LogP contribution in [0.5, 0.6) is 5.75 Å². The normalized spacial score (nSPS) is 10.7. The molecule has 1 heterocycles. The second kappa shape index (κ2) is 6.63. The Morgan fingerprint density at radius 2 is 2.28 bits per heavy atom. The number of hydrogen-bond acceptors (Lipinski definition) is 4. The Bertz CT molecular complexity index is 441. The molecule has 0 bridgehead atoms. The summed E-state index contributed by atoms with van der Waals surface area (Å²) >= 11 is 3.02. The molecule has 0 aliphatic heterocycles. The molecule has 4 nitrogen and oxygen atoms in total. The van der Waals surface area contributed by atoms with Crippen molar-refractivity contribution >= 4 is 21.9 Å². The van der Waals surface area contributed by atoms with Crippen molar-refractivity contribution in [1.82, 2.24) is 4.98 Å². The number of aromatic hydroxyl groups is 1. The quantitative estimate of drug-likeness (QED) is 0.668. The third-order valence-electron chi connectivity index (χ3n) is 2.26. The number of ether oxygens (including phenoxy) is 1. The Balaban J connectivity index is 3.15. The van der Waals surface area contributed by atoms with E-state index in [-0.39, 0.29) is 35.4 Å². The average Bonchev–Trinajstić information content (AvgIpc) is 2.30. The highest BCUT2D eigenvalue weighted by Gasteiger charge is 2.23. The number of nitrogens with zero attached hydrogens (tertiary/aromatic N) is 1. The topological polar surface area (TPSA) is 59.4 Å². The Labute approximate surface area is 111 Å². The molecule has 18 heavy (non-hydrogen) atoms. The Hall–Kier alpha value is -1.24. The van der Waals surface area contributed by atoms with Crippen LogP contribution in [0.15, 0.2) is 6.20 Å². The summed E-state index contributed by atoms with van der Waals surface area (Å²) in [6.07, 6.45) is -2.10. The first kappa shape index (κ1) is 14.8. The molecule has 0 fully saturated rings. The number of carbonyl (C=O) groups is 1. The van der Waals surface area contributed by atoms with Gasteiger partial charge in [-0.3, -0.25) is 9.78 Å². The van der Waals surface area contributed by atoms with Crippen LogP contribution < -0.4 is 0 Å².